The minimum Gasteiger partial charge on any atom is -0.394 e. The molecule has 0 bridgehead atoms. The first-order chi connectivity index (χ1) is 10.2. The van der Waals surface area contributed by atoms with Crippen LogP contribution in [0.3, 0.4) is 0 Å². The Bertz CT molecular complexity index is 316. The summed E-state index contributed by atoms with van der Waals surface area (Å²) < 4.78 is 10.7. The van der Waals surface area contributed by atoms with Gasteiger partial charge in [-0.15, -0.1) is 0 Å². The Kier molecular flexibility index (Phi) is 7.75. The molecule has 22 heavy (non-hydrogen) atoms. The molecule has 5 heteroatoms. The molecule has 0 spiro atoms. The molecule has 0 aromatic carbocycles. The lowest BCUT2D eigenvalue weighted by atomic mass is 9.67. The van der Waals surface area contributed by atoms with E-state index in [0.29, 0.717) is 5.92 Å². The highest BCUT2D eigenvalue weighted by atomic mass is 16.7. The summed E-state index contributed by atoms with van der Waals surface area (Å²) in [7, 11) is 1.42. The minimum atomic E-state index is -1.09. The van der Waals surface area contributed by atoms with Crippen molar-refractivity contribution >= 4 is 0 Å². The van der Waals surface area contributed by atoms with Gasteiger partial charge >= 0.3 is 0 Å². The molecule has 0 radical (unpaired) electrons. The zero-order valence-corrected chi connectivity index (χ0v) is 14.7. The number of ether oxygens (including phenoxy) is 2. The van der Waals surface area contributed by atoms with Gasteiger partial charge in [-0.2, -0.15) is 0 Å². The normalized spacial score (nSPS) is 33.4. The van der Waals surface area contributed by atoms with Gasteiger partial charge in [0.05, 0.1) is 18.8 Å². The first-order valence-corrected chi connectivity index (χ1v) is 8.39. The van der Waals surface area contributed by atoms with Crippen LogP contribution in [0.1, 0.15) is 53.4 Å². The smallest absolute Gasteiger partial charge is 0.186 e. The van der Waals surface area contributed by atoms with E-state index in [1.165, 1.54) is 13.5 Å². The summed E-state index contributed by atoms with van der Waals surface area (Å²) in [5.41, 5.74) is -0.233. The standard InChI is InChI=1S/C17H34O5/c1-11(2)8-6-7-9-17(3,4)13-12(10-18)22-16(21-5)15(20)14(13)19/h11-16,18-20H,6-10H2,1-5H3/t12-,13?,14?,15?,16+/m1/s1. The molecular weight excluding hydrogens is 284 g/mol. The maximum atomic E-state index is 10.5. The number of aliphatic hydroxyl groups excluding tert-OH is 3. The van der Waals surface area contributed by atoms with E-state index in [-0.39, 0.29) is 17.9 Å². The van der Waals surface area contributed by atoms with E-state index >= 15 is 0 Å². The Balaban J connectivity index is 2.72. The number of hydrogen-bond acceptors (Lipinski definition) is 5. The second kappa shape index (κ2) is 8.60. The average molecular weight is 318 g/mol. The van der Waals surface area contributed by atoms with Crippen LogP contribution in [0.25, 0.3) is 0 Å². The van der Waals surface area contributed by atoms with Crippen LogP contribution in [-0.4, -0.2) is 53.6 Å². The van der Waals surface area contributed by atoms with Gasteiger partial charge in [0.1, 0.15) is 6.10 Å². The summed E-state index contributed by atoms with van der Waals surface area (Å²) in [6.07, 6.45) is 0.865. The van der Waals surface area contributed by atoms with Gasteiger partial charge in [-0.25, -0.2) is 0 Å². The van der Waals surface area contributed by atoms with E-state index in [9.17, 15) is 15.3 Å². The Hall–Kier alpha value is -0.200. The summed E-state index contributed by atoms with van der Waals surface area (Å²) in [6, 6.07) is 0. The highest BCUT2D eigenvalue weighted by molar-refractivity contribution is 4.96. The molecule has 1 aliphatic rings. The van der Waals surface area contributed by atoms with Crippen molar-refractivity contribution in [3.63, 3.8) is 0 Å². The molecule has 5 atom stereocenters. The number of aliphatic hydroxyl groups is 3. The lowest BCUT2D eigenvalue weighted by Crippen LogP contribution is -2.59. The summed E-state index contributed by atoms with van der Waals surface area (Å²) in [4.78, 5) is 0. The number of unbranched alkanes of at least 4 members (excludes halogenated alkanes) is 1. The molecule has 0 aromatic heterocycles. The van der Waals surface area contributed by atoms with Crippen LogP contribution < -0.4 is 0 Å². The van der Waals surface area contributed by atoms with Crippen LogP contribution >= 0.6 is 0 Å². The van der Waals surface area contributed by atoms with E-state index in [2.05, 4.69) is 27.7 Å². The molecule has 3 unspecified atom stereocenters. The third-order valence-corrected chi connectivity index (χ3v) is 4.87. The summed E-state index contributed by atoms with van der Waals surface area (Å²) in [5.74, 6) is 0.374. The molecule has 1 aliphatic heterocycles. The van der Waals surface area contributed by atoms with Crippen molar-refractivity contribution in [2.24, 2.45) is 17.3 Å². The van der Waals surface area contributed by atoms with Gasteiger partial charge in [0.15, 0.2) is 6.29 Å². The Morgan fingerprint density at radius 2 is 1.77 bits per heavy atom. The number of hydrogen-bond donors (Lipinski definition) is 3. The number of rotatable bonds is 8. The van der Waals surface area contributed by atoms with E-state index in [1.54, 1.807) is 0 Å². The van der Waals surface area contributed by atoms with Crippen LogP contribution in [0.15, 0.2) is 0 Å². The Morgan fingerprint density at radius 1 is 1.14 bits per heavy atom. The summed E-state index contributed by atoms with van der Waals surface area (Å²) >= 11 is 0. The first kappa shape index (κ1) is 19.8. The van der Waals surface area contributed by atoms with Gasteiger partial charge in [-0.05, 0) is 17.8 Å². The van der Waals surface area contributed by atoms with Crippen LogP contribution in [0.2, 0.25) is 0 Å². The van der Waals surface area contributed by atoms with E-state index in [1.807, 2.05) is 0 Å². The van der Waals surface area contributed by atoms with Crippen LogP contribution in [0.5, 0.6) is 0 Å². The predicted molar refractivity (Wildman–Crippen MR) is 85.3 cm³/mol. The second-order valence-corrected chi connectivity index (χ2v) is 7.60. The maximum absolute atomic E-state index is 10.5. The van der Waals surface area contributed by atoms with Crippen LogP contribution in [-0.2, 0) is 9.47 Å². The molecule has 1 heterocycles. The van der Waals surface area contributed by atoms with E-state index in [4.69, 9.17) is 9.47 Å². The average Bonchev–Trinajstić information content (AvgIpc) is 2.45. The largest absolute Gasteiger partial charge is 0.394 e. The topological polar surface area (TPSA) is 79.2 Å². The third-order valence-electron chi connectivity index (χ3n) is 4.87. The predicted octanol–water partition coefficient (Wildman–Crippen LogP) is 1.93. The van der Waals surface area contributed by atoms with Crippen molar-refractivity contribution in [1.82, 2.24) is 0 Å². The van der Waals surface area contributed by atoms with Crippen molar-refractivity contribution in [2.45, 2.75) is 78.0 Å². The van der Waals surface area contributed by atoms with Gasteiger partial charge in [0, 0.05) is 13.0 Å². The van der Waals surface area contributed by atoms with Crippen molar-refractivity contribution in [1.29, 1.82) is 0 Å². The zero-order chi connectivity index (χ0) is 16.9. The quantitative estimate of drug-likeness (QED) is 0.596. The summed E-state index contributed by atoms with van der Waals surface area (Å²) in [5, 5.41) is 30.3. The van der Waals surface area contributed by atoms with Gasteiger partial charge in [0.2, 0.25) is 0 Å². The molecule has 0 aliphatic carbocycles. The SMILES string of the molecule is CO[C@H]1O[C@H](CO)C(C(C)(C)CCCCC(C)C)C(O)C1O. The highest BCUT2D eigenvalue weighted by Gasteiger charge is 2.50. The lowest BCUT2D eigenvalue weighted by Gasteiger charge is -2.48. The molecule has 0 aromatic rings. The molecule has 1 fully saturated rings. The fourth-order valence-corrected chi connectivity index (χ4v) is 3.55. The molecule has 3 N–H and O–H groups in total. The zero-order valence-electron chi connectivity index (χ0n) is 14.7. The van der Waals surface area contributed by atoms with Crippen molar-refractivity contribution < 1.29 is 24.8 Å². The lowest BCUT2D eigenvalue weighted by molar-refractivity contribution is -0.296. The molecule has 1 saturated heterocycles. The van der Waals surface area contributed by atoms with Gasteiger partial charge in [0.25, 0.3) is 0 Å². The monoisotopic (exact) mass is 318 g/mol. The minimum absolute atomic E-state index is 0.191. The Morgan fingerprint density at radius 3 is 2.27 bits per heavy atom. The van der Waals surface area contributed by atoms with E-state index < -0.39 is 24.6 Å². The molecule has 1 rings (SSSR count). The highest BCUT2D eigenvalue weighted by Crippen LogP contribution is 2.42. The van der Waals surface area contributed by atoms with E-state index in [0.717, 1.165) is 19.3 Å². The fraction of sp³-hybridized carbons (Fsp3) is 1.00. The fourth-order valence-electron chi connectivity index (χ4n) is 3.55. The third kappa shape index (κ3) is 4.90. The summed E-state index contributed by atoms with van der Waals surface area (Å²) in [6.45, 7) is 8.38. The molecule has 0 amide bonds. The molecule has 5 nitrogen and oxygen atoms in total. The van der Waals surface area contributed by atoms with Crippen molar-refractivity contribution in [3.8, 4) is 0 Å². The Labute approximate surface area is 134 Å². The molecule has 132 valence electrons. The van der Waals surface area contributed by atoms with Gasteiger partial charge in [-0.1, -0.05) is 47.0 Å². The number of methoxy groups -OCH3 is 1. The van der Waals surface area contributed by atoms with Crippen LogP contribution in [0.4, 0.5) is 0 Å². The van der Waals surface area contributed by atoms with Crippen molar-refractivity contribution in [2.75, 3.05) is 13.7 Å². The maximum Gasteiger partial charge on any atom is 0.186 e. The van der Waals surface area contributed by atoms with Gasteiger partial charge < -0.3 is 24.8 Å². The van der Waals surface area contributed by atoms with Gasteiger partial charge in [-0.3, -0.25) is 0 Å². The molecule has 0 saturated carbocycles. The first-order valence-electron chi connectivity index (χ1n) is 8.39. The van der Waals surface area contributed by atoms with Crippen LogP contribution in [0, 0.1) is 17.3 Å². The van der Waals surface area contributed by atoms with Crippen molar-refractivity contribution in [3.05, 3.63) is 0 Å². The second-order valence-electron chi connectivity index (χ2n) is 7.60. The molecular formula is C17H34O5.